The minimum absolute atomic E-state index is 0.159. The van der Waals surface area contributed by atoms with Gasteiger partial charge in [-0.15, -0.1) is 0 Å². The van der Waals surface area contributed by atoms with Gasteiger partial charge in [-0.05, 0) is 55.0 Å². The van der Waals surface area contributed by atoms with E-state index in [4.69, 9.17) is 5.73 Å². The van der Waals surface area contributed by atoms with Gasteiger partial charge in [0.05, 0.1) is 0 Å². The Morgan fingerprint density at radius 3 is 2.53 bits per heavy atom. The van der Waals surface area contributed by atoms with Crippen LogP contribution in [0, 0.1) is 18.2 Å². The molecule has 0 aromatic heterocycles. The molecule has 0 fully saturated rings. The van der Waals surface area contributed by atoms with E-state index < -0.39 is 0 Å². The summed E-state index contributed by atoms with van der Waals surface area (Å²) in [5, 5.41) is 0. The number of rotatable bonds is 4. The Morgan fingerprint density at radius 2 is 2.00 bits per heavy atom. The van der Waals surface area contributed by atoms with Gasteiger partial charge in [-0.25, -0.2) is 4.39 Å². The third-order valence-electron chi connectivity index (χ3n) is 2.79. The van der Waals surface area contributed by atoms with Gasteiger partial charge in [0.25, 0.3) is 0 Å². The first-order valence-electron chi connectivity index (χ1n) is 5.40. The first-order chi connectivity index (χ1) is 6.94. The number of halogens is 1. The lowest BCUT2D eigenvalue weighted by molar-refractivity contribution is 0.338. The molecule has 0 bridgehead atoms. The van der Waals surface area contributed by atoms with Gasteiger partial charge in [0, 0.05) is 0 Å². The summed E-state index contributed by atoms with van der Waals surface area (Å²) in [7, 11) is 0. The summed E-state index contributed by atoms with van der Waals surface area (Å²) in [6.45, 7) is 7.05. The normalized spacial score (nSPS) is 11.8. The summed E-state index contributed by atoms with van der Waals surface area (Å²) in [6.07, 6.45) is 1.94. The highest BCUT2D eigenvalue weighted by Crippen LogP contribution is 2.26. The number of aryl methyl sites for hydroxylation is 1. The molecule has 0 spiro atoms. The van der Waals surface area contributed by atoms with E-state index in [1.807, 2.05) is 13.0 Å². The van der Waals surface area contributed by atoms with Gasteiger partial charge < -0.3 is 5.73 Å². The molecule has 0 atom stereocenters. The summed E-state index contributed by atoms with van der Waals surface area (Å²) in [6, 6.07) is 5.00. The number of hydrogen-bond donors (Lipinski definition) is 1. The van der Waals surface area contributed by atoms with Crippen LogP contribution in [0.3, 0.4) is 0 Å². The molecule has 0 unspecified atom stereocenters. The Balaban J connectivity index is 2.80. The average molecular weight is 209 g/mol. The van der Waals surface area contributed by atoms with Crippen LogP contribution in [0.4, 0.5) is 4.39 Å². The van der Waals surface area contributed by atoms with Gasteiger partial charge in [0.1, 0.15) is 5.82 Å². The minimum atomic E-state index is -0.159. The van der Waals surface area contributed by atoms with E-state index in [1.165, 1.54) is 11.6 Å². The molecule has 1 aromatic rings. The molecule has 84 valence electrons. The zero-order valence-corrected chi connectivity index (χ0v) is 9.81. The van der Waals surface area contributed by atoms with Crippen LogP contribution in [-0.2, 0) is 6.42 Å². The Hall–Kier alpha value is -0.890. The van der Waals surface area contributed by atoms with Crippen molar-refractivity contribution in [3.63, 3.8) is 0 Å². The van der Waals surface area contributed by atoms with Crippen molar-refractivity contribution < 1.29 is 4.39 Å². The Kier molecular flexibility index (Phi) is 3.86. The first-order valence-corrected chi connectivity index (χ1v) is 5.40. The van der Waals surface area contributed by atoms with Crippen molar-refractivity contribution in [2.24, 2.45) is 11.1 Å². The molecule has 1 nitrogen and oxygen atoms in total. The van der Waals surface area contributed by atoms with Gasteiger partial charge in [0.15, 0.2) is 0 Å². The maximum Gasteiger partial charge on any atom is 0.123 e. The zero-order valence-electron chi connectivity index (χ0n) is 9.81. The van der Waals surface area contributed by atoms with E-state index in [1.54, 1.807) is 6.07 Å². The van der Waals surface area contributed by atoms with Crippen LogP contribution in [0.25, 0.3) is 0 Å². The molecule has 0 radical (unpaired) electrons. The van der Waals surface area contributed by atoms with Gasteiger partial charge in [-0.2, -0.15) is 0 Å². The van der Waals surface area contributed by atoms with Gasteiger partial charge in [-0.1, -0.05) is 19.9 Å². The number of hydrogen-bond acceptors (Lipinski definition) is 1. The van der Waals surface area contributed by atoms with E-state index in [-0.39, 0.29) is 11.2 Å². The summed E-state index contributed by atoms with van der Waals surface area (Å²) in [4.78, 5) is 0. The molecule has 2 N–H and O–H groups in total. The monoisotopic (exact) mass is 209 g/mol. The molecule has 0 saturated carbocycles. The Morgan fingerprint density at radius 1 is 1.33 bits per heavy atom. The average Bonchev–Trinajstić information content (AvgIpc) is 2.09. The molecule has 0 amide bonds. The summed E-state index contributed by atoms with van der Waals surface area (Å²) in [5.41, 5.74) is 8.01. The lowest BCUT2D eigenvalue weighted by atomic mass is 9.81. The molecular formula is C13H20FN. The second kappa shape index (κ2) is 4.75. The second-order valence-electron chi connectivity index (χ2n) is 4.95. The number of benzene rings is 1. The van der Waals surface area contributed by atoms with Gasteiger partial charge >= 0.3 is 0 Å². The molecule has 0 aliphatic rings. The highest BCUT2D eigenvalue weighted by atomic mass is 19.1. The lowest BCUT2D eigenvalue weighted by Gasteiger charge is -2.24. The lowest BCUT2D eigenvalue weighted by Crippen LogP contribution is -2.20. The van der Waals surface area contributed by atoms with Crippen molar-refractivity contribution in [3.8, 4) is 0 Å². The largest absolute Gasteiger partial charge is 0.330 e. The Labute approximate surface area is 91.5 Å². The molecule has 1 rings (SSSR count). The maximum atomic E-state index is 12.9. The van der Waals surface area contributed by atoms with E-state index in [2.05, 4.69) is 13.8 Å². The fraction of sp³-hybridized carbons (Fsp3) is 0.538. The van der Waals surface area contributed by atoms with Crippen LogP contribution in [-0.4, -0.2) is 6.54 Å². The third-order valence-corrected chi connectivity index (χ3v) is 2.79. The van der Waals surface area contributed by atoms with Crippen molar-refractivity contribution in [2.75, 3.05) is 6.54 Å². The van der Waals surface area contributed by atoms with Crippen molar-refractivity contribution in [1.29, 1.82) is 0 Å². The van der Waals surface area contributed by atoms with Crippen molar-refractivity contribution in [3.05, 3.63) is 35.1 Å². The molecule has 0 aliphatic carbocycles. The maximum absolute atomic E-state index is 12.9. The molecular weight excluding hydrogens is 189 g/mol. The molecule has 0 aliphatic heterocycles. The standard InChI is InChI=1S/C13H20FN/c1-10-8-12(14)5-4-11(10)9-13(2,3)6-7-15/h4-5,8H,6-7,9,15H2,1-3H3. The van der Waals surface area contributed by atoms with Gasteiger partial charge in [0.2, 0.25) is 0 Å². The Bertz CT molecular complexity index is 331. The second-order valence-corrected chi connectivity index (χ2v) is 4.95. The van der Waals surface area contributed by atoms with Crippen molar-refractivity contribution in [2.45, 2.75) is 33.6 Å². The highest BCUT2D eigenvalue weighted by molar-refractivity contribution is 5.27. The zero-order chi connectivity index (χ0) is 11.5. The van der Waals surface area contributed by atoms with E-state index in [0.717, 1.165) is 18.4 Å². The van der Waals surface area contributed by atoms with E-state index in [9.17, 15) is 4.39 Å². The van der Waals surface area contributed by atoms with E-state index >= 15 is 0 Å². The van der Waals surface area contributed by atoms with Crippen LogP contribution in [0.5, 0.6) is 0 Å². The van der Waals surface area contributed by atoms with Crippen LogP contribution in [0.2, 0.25) is 0 Å². The number of nitrogens with two attached hydrogens (primary N) is 1. The molecule has 2 heteroatoms. The van der Waals surface area contributed by atoms with Gasteiger partial charge in [-0.3, -0.25) is 0 Å². The summed E-state index contributed by atoms with van der Waals surface area (Å²) < 4.78 is 12.9. The fourth-order valence-corrected chi connectivity index (χ4v) is 1.85. The van der Waals surface area contributed by atoms with Crippen LogP contribution in [0.1, 0.15) is 31.4 Å². The smallest absolute Gasteiger partial charge is 0.123 e. The van der Waals surface area contributed by atoms with Crippen molar-refractivity contribution in [1.82, 2.24) is 0 Å². The molecule has 0 saturated heterocycles. The third kappa shape index (κ3) is 3.63. The SMILES string of the molecule is Cc1cc(F)ccc1CC(C)(C)CCN. The van der Waals surface area contributed by atoms with Crippen LogP contribution in [0.15, 0.2) is 18.2 Å². The van der Waals surface area contributed by atoms with E-state index in [0.29, 0.717) is 6.54 Å². The summed E-state index contributed by atoms with van der Waals surface area (Å²) >= 11 is 0. The minimum Gasteiger partial charge on any atom is -0.330 e. The predicted octanol–water partition coefficient (Wildman–Crippen LogP) is 3.05. The predicted molar refractivity (Wildman–Crippen MR) is 62.3 cm³/mol. The van der Waals surface area contributed by atoms with Crippen molar-refractivity contribution >= 4 is 0 Å². The topological polar surface area (TPSA) is 26.0 Å². The molecule has 0 heterocycles. The summed E-state index contributed by atoms with van der Waals surface area (Å²) in [5.74, 6) is -0.159. The van der Waals surface area contributed by atoms with Crippen LogP contribution >= 0.6 is 0 Å². The highest BCUT2D eigenvalue weighted by Gasteiger charge is 2.18. The quantitative estimate of drug-likeness (QED) is 0.810. The molecule has 15 heavy (non-hydrogen) atoms. The first kappa shape index (κ1) is 12.2. The van der Waals surface area contributed by atoms with Crippen LogP contribution < -0.4 is 5.73 Å². The molecule has 1 aromatic carbocycles. The fourth-order valence-electron chi connectivity index (χ4n) is 1.85.